The van der Waals surface area contributed by atoms with Gasteiger partial charge in [-0.15, -0.1) is 0 Å². The molecule has 1 aliphatic carbocycles. The van der Waals surface area contributed by atoms with Crippen molar-refractivity contribution in [2.24, 2.45) is 5.10 Å². The van der Waals surface area contributed by atoms with E-state index in [1.54, 1.807) is 36.4 Å². The molecule has 4 nitrogen and oxygen atoms in total. The van der Waals surface area contributed by atoms with Gasteiger partial charge in [0.2, 0.25) is 0 Å². The number of amides is 1. The predicted octanol–water partition coefficient (Wildman–Crippen LogP) is 4.88. The Bertz CT molecular complexity index is 1040. The third-order valence-electron chi connectivity index (χ3n) is 4.92. The second kappa shape index (κ2) is 8.69. The molecule has 0 aromatic heterocycles. The lowest BCUT2D eigenvalue weighted by atomic mass is 9.90. The second-order valence-corrected chi connectivity index (χ2v) is 6.92. The monoisotopic (exact) mass is 388 g/mol. The van der Waals surface area contributed by atoms with Crippen LogP contribution in [-0.2, 0) is 13.0 Å². The molecular weight excluding hydrogens is 367 g/mol. The Kier molecular flexibility index (Phi) is 5.66. The zero-order valence-corrected chi connectivity index (χ0v) is 15.9. The lowest BCUT2D eigenvalue weighted by molar-refractivity contribution is 0.0950. The van der Waals surface area contributed by atoms with Crippen LogP contribution in [0.1, 0.15) is 39.9 Å². The third kappa shape index (κ3) is 4.51. The van der Waals surface area contributed by atoms with E-state index in [4.69, 9.17) is 4.74 Å². The lowest BCUT2D eigenvalue weighted by Gasteiger charge is -2.17. The van der Waals surface area contributed by atoms with Crippen LogP contribution in [0.5, 0.6) is 5.75 Å². The van der Waals surface area contributed by atoms with Crippen molar-refractivity contribution in [1.29, 1.82) is 0 Å². The minimum Gasteiger partial charge on any atom is -0.488 e. The number of halogens is 1. The van der Waals surface area contributed by atoms with Gasteiger partial charge in [-0.3, -0.25) is 4.79 Å². The van der Waals surface area contributed by atoms with E-state index >= 15 is 0 Å². The molecule has 1 amide bonds. The Hall–Kier alpha value is -3.47. The van der Waals surface area contributed by atoms with Gasteiger partial charge in [-0.05, 0) is 54.7 Å². The maximum absolute atomic E-state index is 13.0. The Morgan fingerprint density at radius 2 is 1.72 bits per heavy atom. The summed E-state index contributed by atoms with van der Waals surface area (Å²) in [5, 5.41) is 4.39. The fraction of sp³-hybridized carbons (Fsp3) is 0.167. The van der Waals surface area contributed by atoms with Gasteiger partial charge in [0.25, 0.3) is 5.91 Å². The summed E-state index contributed by atoms with van der Waals surface area (Å²) >= 11 is 0. The number of carbonyl (C=O) groups excluding carboxylic acids is 1. The van der Waals surface area contributed by atoms with Crippen molar-refractivity contribution in [2.45, 2.75) is 25.9 Å². The Morgan fingerprint density at radius 3 is 2.59 bits per heavy atom. The molecule has 146 valence electrons. The van der Waals surface area contributed by atoms with E-state index in [-0.39, 0.29) is 18.3 Å². The number of benzene rings is 3. The molecule has 1 N–H and O–H groups in total. The molecule has 29 heavy (non-hydrogen) atoms. The molecule has 0 unspecified atom stereocenters. The van der Waals surface area contributed by atoms with E-state index in [0.29, 0.717) is 11.3 Å². The fourth-order valence-electron chi connectivity index (χ4n) is 3.42. The number of para-hydroxylation sites is 1. The summed E-state index contributed by atoms with van der Waals surface area (Å²) in [4.78, 5) is 12.7. The van der Waals surface area contributed by atoms with E-state index in [1.165, 1.54) is 17.7 Å². The standard InChI is InChI=1S/C24H21FN2O2/c25-19-14-12-17(13-15-19)16-29-23-11-4-3-9-21(23)24(28)27-26-22-10-5-7-18-6-1-2-8-20(18)22/h1-4,6,8-9,11-15H,5,7,10,16H2,(H,27,28)/b26-22-. The zero-order valence-electron chi connectivity index (χ0n) is 15.9. The first-order valence-corrected chi connectivity index (χ1v) is 9.62. The van der Waals surface area contributed by atoms with Gasteiger partial charge in [0.15, 0.2) is 0 Å². The number of fused-ring (bicyclic) bond motifs is 1. The number of hydrogen-bond donors (Lipinski definition) is 1. The van der Waals surface area contributed by atoms with Gasteiger partial charge in [0.05, 0.1) is 11.3 Å². The first-order chi connectivity index (χ1) is 14.2. The number of rotatable bonds is 5. The number of aryl methyl sites for hydroxylation is 1. The molecule has 0 bridgehead atoms. The van der Waals surface area contributed by atoms with Crippen molar-refractivity contribution in [3.8, 4) is 5.75 Å². The molecule has 0 saturated carbocycles. The molecule has 0 radical (unpaired) electrons. The van der Waals surface area contributed by atoms with Crippen LogP contribution in [0.25, 0.3) is 0 Å². The minimum absolute atomic E-state index is 0.243. The highest BCUT2D eigenvalue weighted by atomic mass is 19.1. The average molecular weight is 388 g/mol. The first kappa shape index (κ1) is 18.9. The summed E-state index contributed by atoms with van der Waals surface area (Å²) in [7, 11) is 0. The smallest absolute Gasteiger partial charge is 0.275 e. The molecule has 0 heterocycles. The van der Waals surface area contributed by atoms with Crippen LogP contribution in [0.4, 0.5) is 4.39 Å². The molecule has 3 aromatic rings. The SMILES string of the molecule is O=C(N/N=C1/CCCc2ccccc21)c1ccccc1OCc1ccc(F)cc1. The van der Waals surface area contributed by atoms with E-state index < -0.39 is 0 Å². The van der Waals surface area contributed by atoms with Gasteiger partial charge < -0.3 is 4.74 Å². The number of hydrazone groups is 1. The fourth-order valence-corrected chi connectivity index (χ4v) is 3.42. The third-order valence-corrected chi connectivity index (χ3v) is 4.92. The van der Waals surface area contributed by atoms with Gasteiger partial charge in [-0.25, -0.2) is 9.82 Å². The summed E-state index contributed by atoms with van der Waals surface area (Å²) in [5.41, 5.74) is 7.15. The molecule has 0 atom stereocenters. The summed E-state index contributed by atoms with van der Waals surface area (Å²) in [6.45, 7) is 0.243. The number of carbonyl (C=O) groups is 1. The molecule has 1 aliphatic rings. The quantitative estimate of drug-likeness (QED) is 0.634. The van der Waals surface area contributed by atoms with Crippen LogP contribution in [-0.4, -0.2) is 11.6 Å². The molecule has 0 fully saturated rings. The van der Waals surface area contributed by atoms with Crippen LogP contribution < -0.4 is 10.2 Å². The zero-order chi connectivity index (χ0) is 20.1. The predicted molar refractivity (Wildman–Crippen MR) is 111 cm³/mol. The highest BCUT2D eigenvalue weighted by Crippen LogP contribution is 2.22. The largest absolute Gasteiger partial charge is 0.488 e. The minimum atomic E-state index is -0.324. The van der Waals surface area contributed by atoms with Crippen LogP contribution >= 0.6 is 0 Å². The highest BCUT2D eigenvalue weighted by Gasteiger charge is 2.16. The van der Waals surface area contributed by atoms with Crippen LogP contribution in [0, 0.1) is 5.82 Å². The number of nitrogens with one attached hydrogen (secondary N) is 1. The number of nitrogens with zero attached hydrogens (tertiary/aromatic N) is 1. The molecule has 5 heteroatoms. The van der Waals surface area contributed by atoms with Gasteiger partial charge in [-0.1, -0.05) is 48.5 Å². The van der Waals surface area contributed by atoms with E-state index in [1.807, 2.05) is 18.2 Å². The maximum Gasteiger partial charge on any atom is 0.275 e. The van der Waals surface area contributed by atoms with Crippen molar-refractivity contribution in [1.82, 2.24) is 5.43 Å². The van der Waals surface area contributed by atoms with Gasteiger partial charge >= 0.3 is 0 Å². The van der Waals surface area contributed by atoms with E-state index in [2.05, 4.69) is 16.6 Å². The van der Waals surface area contributed by atoms with Crippen molar-refractivity contribution in [3.05, 3.63) is 101 Å². The molecular formula is C24H21FN2O2. The summed E-state index contributed by atoms with van der Waals surface area (Å²) in [6, 6.07) is 21.3. The van der Waals surface area contributed by atoms with Crippen molar-refractivity contribution < 1.29 is 13.9 Å². The topological polar surface area (TPSA) is 50.7 Å². The van der Waals surface area contributed by atoms with Crippen LogP contribution in [0.15, 0.2) is 77.9 Å². The molecule has 0 spiro atoms. The van der Waals surface area contributed by atoms with Crippen molar-refractivity contribution in [3.63, 3.8) is 0 Å². The van der Waals surface area contributed by atoms with Crippen molar-refractivity contribution in [2.75, 3.05) is 0 Å². The summed E-state index contributed by atoms with van der Waals surface area (Å²) in [6.07, 6.45) is 2.88. The van der Waals surface area contributed by atoms with Gasteiger partial charge in [0.1, 0.15) is 18.2 Å². The molecule has 0 saturated heterocycles. The van der Waals surface area contributed by atoms with E-state index in [0.717, 1.165) is 36.1 Å². The number of ether oxygens (including phenoxy) is 1. The second-order valence-electron chi connectivity index (χ2n) is 6.92. The Labute approximate surface area is 169 Å². The summed E-state index contributed by atoms with van der Waals surface area (Å²) in [5.74, 6) is -0.161. The van der Waals surface area contributed by atoms with Crippen LogP contribution in [0.3, 0.4) is 0 Å². The normalized spacial score (nSPS) is 14.3. The molecule has 0 aliphatic heterocycles. The lowest BCUT2D eigenvalue weighted by Crippen LogP contribution is -2.22. The maximum atomic E-state index is 13.0. The van der Waals surface area contributed by atoms with Gasteiger partial charge in [-0.2, -0.15) is 5.10 Å². The average Bonchev–Trinajstić information content (AvgIpc) is 2.77. The van der Waals surface area contributed by atoms with Gasteiger partial charge in [0, 0.05) is 5.56 Å². The van der Waals surface area contributed by atoms with Crippen molar-refractivity contribution >= 4 is 11.6 Å². The Morgan fingerprint density at radius 1 is 0.966 bits per heavy atom. The van der Waals surface area contributed by atoms with Crippen LogP contribution in [0.2, 0.25) is 0 Å². The summed E-state index contributed by atoms with van der Waals surface area (Å²) < 4.78 is 18.8. The van der Waals surface area contributed by atoms with E-state index in [9.17, 15) is 9.18 Å². The Balaban J connectivity index is 1.48. The number of hydrogen-bond acceptors (Lipinski definition) is 3. The molecule has 3 aromatic carbocycles. The molecule has 4 rings (SSSR count). The first-order valence-electron chi connectivity index (χ1n) is 9.62. The highest BCUT2D eigenvalue weighted by molar-refractivity contribution is 6.04.